The average molecular weight is 250 g/mol. The first-order valence-electron chi connectivity index (χ1n) is 5.18. The van der Waals surface area contributed by atoms with Crippen molar-refractivity contribution < 1.29 is 4.74 Å². The molecule has 0 spiro atoms. The third-order valence-corrected chi connectivity index (χ3v) is 2.44. The van der Waals surface area contributed by atoms with Crippen LogP contribution >= 0.6 is 11.6 Å². The molecule has 0 amide bonds. The van der Waals surface area contributed by atoms with Crippen LogP contribution in [0, 0.1) is 0 Å². The van der Waals surface area contributed by atoms with Gasteiger partial charge in [-0.2, -0.15) is 0 Å². The van der Waals surface area contributed by atoms with Gasteiger partial charge in [0.15, 0.2) is 5.15 Å². The van der Waals surface area contributed by atoms with Crippen molar-refractivity contribution in [3.63, 3.8) is 0 Å². The second kappa shape index (κ2) is 5.12. The Balaban J connectivity index is 2.11. The lowest BCUT2D eigenvalue weighted by Gasteiger charge is -2.07. The van der Waals surface area contributed by atoms with E-state index in [1.165, 1.54) is 0 Å². The van der Waals surface area contributed by atoms with Crippen molar-refractivity contribution in [3.8, 4) is 11.6 Å². The zero-order valence-corrected chi connectivity index (χ0v) is 10.1. The first-order chi connectivity index (χ1) is 8.15. The van der Waals surface area contributed by atoms with Crippen LogP contribution in [0.3, 0.4) is 0 Å². The topological polar surface area (TPSA) is 61.0 Å². The highest BCUT2D eigenvalue weighted by molar-refractivity contribution is 6.29. The number of benzene rings is 1. The first-order valence-corrected chi connectivity index (χ1v) is 5.55. The van der Waals surface area contributed by atoms with Crippen molar-refractivity contribution in [3.05, 3.63) is 47.1 Å². The van der Waals surface area contributed by atoms with Crippen LogP contribution < -0.4 is 10.5 Å². The molecule has 0 saturated heterocycles. The van der Waals surface area contributed by atoms with E-state index in [1.807, 2.05) is 31.2 Å². The minimum atomic E-state index is 0.0133. The highest BCUT2D eigenvalue weighted by Crippen LogP contribution is 2.21. The molecule has 88 valence electrons. The van der Waals surface area contributed by atoms with Crippen LogP contribution in [-0.4, -0.2) is 10.2 Å². The number of aromatic nitrogens is 2. The molecule has 2 rings (SSSR count). The van der Waals surface area contributed by atoms with E-state index in [2.05, 4.69) is 10.2 Å². The Morgan fingerprint density at radius 2 is 1.82 bits per heavy atom. The summed E-state index contributed by atoms with van der Waals surface area (Å²) in [5.74, 6) is 1.09. The van der Waals surface area contributed by atoms with Crippen LogP contribution in [-0.2, 0) is 0 Å². The lowest BCUT2D eigenvalue weighted by molar-refractivity contribution is 0.455. The van der Waals surface area contributed by atoms with Gasteiger partial charge in [0.05, 0.1) is 0 Å². The number of rotatable bonds is 3. The van der Waals surface area contributed by atoms with Crippen molar-refractivity contribution in [2.24, 2.45) is 5.73 Å². The summed E-state index contributed by atoms with van der Waals surface area (Å²) in [6.45, 7) is 1.93. The van der Waals surface area contributed by atoms with Gasteiger partial charge in [-0.3, -0.25) is 0 Å². The van der Waals surface area contributed by atoms with Crippen LogP contribution in [0.25, 0.3) is 0 Å². The maximum atomic E-state index is 5.76. The molecule has 0 aliphatic rings. The van der Waals surface area contributed by atoms with E-state index in [0.717, 1.165) is 5.56 Å². The quantitative estimate of drug-likeness (QED) is 0.909. The molecule has 5 heteroatoms. The lowest BCUT2D eigenvalue weighted by Crippen LogP contribution is -2.04. The van der Waals surface area contributed by atoms with Gasteiger partial charge in [0.25, 0.3) is 0 Å². The molecule has 0 aliphatic heterocycles. The third-order valence-electron chi connectivity index (χ3n) is 2.24. The Hall–Kier alpha value is -1.65. The second-order valence-corrected chi connectivity index (χ2v) is 4.04. The monoisotopic (exact) mass is 249 g/mol. The molecule has 0 bridgehead atoms. The van der Waals surface area contributed by atoms with Crippen LogP contribution in [0.4, 0.5) is 0 Å². The predicted octanol–water partition coefficient (Wildman–Crippen LogP) is 2.94. The Morgan fingerprint density at radius 3 is 2.35 bits per heavy atom. The molecule has 2 aromatic rings. The van der Waals surface area contributed by atoms with E-state index in [-0.39, 0.29) is 6.04 Å². The normalized spacial score (nSPS) is 12.2. The van der Waals surface area contributed by atoms with Gasteiger partial charge in [-0.25, -0.2) is 0 Å². The van der Waals surface area contributed by atoms with Crippen molar-refractivity contribution in [2.75, 3.05) is 0 Å². The van der Waals surface area contributed by atoms with Crippen molar-refractivity contribution >= 4 is 11.6 Å². The Morgan fingerprint density at radius 1 is 1.12 bits per heavy atom. The van der Waals surface area contributed by atoms with Gasteiger partial charge in [0.1, 0.15) is 5.75 Å². The molecular weight excluding hydrogens is 238 g/mol. The molecule has 2 N–H and O–H groups in total. The van der Waals surface area contributed by atoms with Crippen LogP contribution in [0.15, 0.2) is 36.4 Å². The van der Waals surface area contributed by atoms with Crippen molar-refractivity contribution in [1.82, 2.24) is 10.2 Å². The fourth-order valence-electron chi connectivity index (χ4n) is 1.32. The second-order valence-electron chi connectivity index (χ2n) is 3.65. The third kappa shape index (κ3) is 3.15. The Bertz CT molecular complexity index is 482. The standard InChI is InChI=1S/C12H12ClN3O/c1-8(14)9-2-4-10(5-3-9)17-12-7-6-11(13)15-16-12/h2-8H,14H2,1H3. The SMILES string of the molecule is CC(N)c1ccc(Oc2ccc(Cl)nn2)cc1. The minimum Gasteiger partial charge on any atom is -0.438 e. The molecule has 1 aromatic heterocycles. The van der Waals surface area contributed by atoms with Gasteiger partial charge in [-0.1, -0.05) is 23.7 Å². The summed E-state index contributed by atoms with van der Waals surface area (Å²) in [6, 6.07) is 10.8. The van der Waals surface area contributed by atoms with E-state index < -0.39 is 0 Å². The molecule has 0 radical (unpaired) electrons. The van der Waals surface area contributed by atoms with Gasteiger partial charge in [0, 0.05) is 12.1 Å². The smallest absolute Gasteiger partial charge is 0.238 e. The summed E-state index contributed by atoms with van der Waals surface area (Å²) in [4.78, 5) is 0. The number of hydrogen-bond donors (Lipinski definition) is 1. The van der Waals surface area contributed by atoms with Gasteiger partial charge >= 0.3 is 0 Å². The largest absolute Gasteiger partial charge is 0.438 e. The molecule has 4 nitrogen and oxygen atoms in total. The highest BCUT2D eigenvalue weighted by Gasteiger charge is 2.02. The van der Waals surface area contributed by atoms with Crippen molar-refractivity contribution in [2.45, 2.75) is 13.0 Å². The van der Waals surface area contributed by atoms with Crippen LogP contribution in [0.5, 0.6) is 11.6 Å². The fourth-order valence-corrected chi connectivity index (χ4v) is 1.42. The molecule has 1 aromatic carbocycles. The number of nitrogens with two attached hydrogens (primary N) is 1. The van der Waals surface area contributed by atoms with E-state index in [9.17, 15) is 0 Å². The van der Waals surface area contributed by atoms with Crippen LogP contribution in [0.1, 0.15) is 18.5 Å². The van der Waals surface area contributed by atoms with Crippen molar-refractivity contribution in [1.29, 1.82) is 0 Å². The van der Waals surface area contributed by atoms with E-state index >= 15 is 0 Å². The maximum Gasteiger partial charge on any atom is 0.238 e. The number of ether oxygens (including phenoxy) is 1. The summed E-state index contributed by atoms with van der Waals surface area (Å²) in [7, 11) is 0. The number of nitrogens with zero attached hydrogens (tertiary/aromatic N) is 2. The van der Waals surface area contributed by atoms with Gasteiger partial charge in [-0.05, 0) is 30.7 Å². The lowest BCUT2D eigenvalue weighted by atomic mass is 10.1. The van der Waals surface area contributed by atoms with E-state index in [0.29, 0.717) is 16.8 Å². The first kappa shape index (κ1) is 11.8. The maximum absolute atomic E-state index is 5.76. The highest BCUT2D eigenvalue weighted by atomic mass is 35.5. The summed E-state index contributed by atoms with van der Waals surface area (Å²) >= 11 is 5.63. The molecule has 0 fully saturated rings. The zero-order valence-electron chi connectivity index (χ0n) is 9.30. The molecule has 1 atom stereocenters. The Kier molecular flexibility index (Phi) is 3.56. The average Bonchev–Trinajstić information content (AvgIpc) is 2.33. The molecule has 0 saturated carbocycles. The Labute approximate surface area is 104 Å². The number of halogens is 1. The molecule has 1 heterocycles. The van der Waals surface area contributed by atoms with Gasteiger partial charge in [-0.15, -0.1) is 10.2 Å². The van der Waals surface area contributed by atoms with E-state index in [1.54, 1.807) is 12.1 Å². The summed E-state index contributed by atoms with van der Waals surface area (Å²) in [5.41, 5.74) is 6.81. The summed E-state index contributed by atoms with van der Waals surface area (Å²) < 4.78 is 5.50. The zero-order chi connectivity index (χ0) is 12.3. The predicted molar refractivity (Wildman–Crippen MR) is 66.2 cm³/mol. The summed E-state index contributed by atoms with van der Waals surface area (Å²) in [6.07, 6.45) is 0. The molecule has 1 unspecified atom stereocenters. The summed E-state index contributed by atoms with van der Waals surface area (Å²) in [5, 5.41) is 7.83. The van der Waals surface area contributed by atoms with E-state index in [4.69, 9.17) is 22.1 Å². The minimum absolute atomic E-state index is 0.0133. The number of hydrogen-bond acceptors (Lipinski definition) is 4. The van der Waals surface area contributed by atoms with Crippen LogP contribution in [0.2, 0.25) is 5.15 Å². The van der Waals surface area contributed by atoms with Gasteiger partial charge in [0.2, 0.25) is 5.88 Å². The molecule has 17 heavy (non-hydrogen) atoms. The fraction of sp³-hybridized carbons (Fsp3) is 0.167. The van der Waals surface area contributed by atoms with Gasteiger partial charge < -0.3 is 10.5 Å². The molecule has 0 aliphatic carbocycles. The molecular formula is C12H12ClN3O.